The number of fused-ring (bicyclic) bond motifs is 3. The van der Waals surface area contributed by atoms with E-state index in [0.29, 0.717) is 11.8 Å². The number of hydrogen-bond acceptors (Lipinski definition) is 2. The highest BCUT2D eigenvalue weighted by Gasteiger charge is 2.62. The first-order chi connectivity index (χ1) is 24.3. The van der Waals surface area contributed by atoms with E-state index >= 15 is 0 Å². The number of rotatable bonds is 4. The number of ether oxygens (including phenoxy) is 1. The first-order valence-electron chi connectivity index (χ1n) is 19.2. The number of benzene rings is 5. The molecule has 0 saturated heterocycles. The van der Waals surface area contributed by atoms with Crippen molar-refractivity contribution in [3.63, 3.8) is 0 Å². The van der Waals surface area contributed by atoms with Crippen LogP contribution < -0.4 is 9.64 Å². The maximum Gasteiger partial charge on any atom is 0.156 e. The lowest BCUT2D eigenvalue weighted by Gasteiger charge is -2.63. The summed E-state index contributed by atoms with van der Waals surface area (Å²) in [6.07, 6.45) is 9.11. The Balaban J connectivity index is 1.31. The zero-order chi connectivity index (χ0) is 33.8. The minimum atomic E-state index is -0.0709. The molecule has 0 atom stereocenters. The highest BCUT2D eigenvalue weighted by Crippen LogP contribution is 2.71. The minimum absolute atomic E-state index is 0.0363. The molecule has 0 aromatic heterocycles. The van der Waals surface area contributed by atoms with E-state index in [2.05, 4.69) is 148 Å². The van der Waals surface area contributed by atoms with E-state index in [4.69, 9.17) is 4.74 Å². The van der Waals surface area contributed by atoms with Crippen molar-refractivity contribution in [3.05, 3.63) is 138 Å². The second-order valence-corrected chi connectivity index (χ2v) is 17.6. The molecule has 1 heterocycles. The van der Waals surface area contributed by atoms with E-state index in [0.717, 1.165) is 35.4 Å². The zero-order valence-electron chi connectivity index (χ0n) is 30.1. The van der Waals surface area contributed by atoms with Crippen LogP contribution in [0.2, 0.25) is 0 Å². The van der Waals surface area contributed by atoms with Crippen LogP contribution in [0.3, 0.4) is 0 Å². The summed E-state index contributed by atoms with van der Waals surface area (Å²) in [6.45, 7) is 9.78. The van der Waals surface area contributed by atoms with Crippen LogP contribution in [0, 0.1) is 23.7 Å². The molecule has 252 valence electrons. The molecule has 4 fully saturated rings. The topological polar surface area (TPSA) is 12.5 Å². The van der Waals surface area contributed by atoms with Gasteiger partial charge in [-0.2, -0.15) is 0 Å². The van der Waals surface area contributed by atoms with Gasteiger partial charge < -0.3 is 9.64 Å². The van der Waals surface area contributed by atoms with Crippen molar-refractivity contribution >= 4 is 17.1 Å². The summed E-state index contributed by atoms with van der Waals surface area (Å²) in [5, 5.41) is 0. The van der Waals surface area contributed by atoms with Crippen molar-refractivity contribution in [1.29, 1.82) is 0 Å². The van der Waals surface area contributed by atoms with E-state index in [-0.39, 0.29) is 16.2 Å². The third-order valence-corrected chi connectivity index (χ3v) is 13.9. The van der Waals surface area contributed by atoms with E-state index < -0.39 is 0 Å². The second kappa shape index (κ2) is 10.8. The largest absolute Gasteiger partial charge is 0.454 e. The standard InChI is InChI=1S/C48H49NO/c1-46(2)24-25-47(3,4)44-39(46)19-13-20-40(44)49(36-16-9-6-10-17-36)41-23-22-37(33-14-7-5-8-15-33)43-45(41)50-42-21-12-11-18-38(42)48(43)34-27-31-26-32(29-34)30-35(48)28-31/h5-23,31-32,34-35H,24-30H2,1-4H3. The molecule has 0 amide bonds. The van der Waals surface area contributed by atoms with Gasteiger partial charge in [0, 0.05) is 22.2 Å². The Labute approximate surface area is 298 Å². The van der Waals surface area contributed by atoms with Gasteiger partial charge in [-0.3, -0.25) is 0 Å². The first kappa shape index (κ1) is 30.5. The summed E-state index contributed by atoms with van der Waals surface area (Å²) in [5.74, 6) is 5.10. The maximum absolute atomic E-state index is 7.42. The number of anilines is 3. The van der Waals surface area contributed by atoms with Crippen molar-refractivity contribution in [2.45, 2.75) is 88.9 Å². The van der Waals surface area contributed by atoms with Crippen LogP contribution in [0.1, 0.15) is 94.9 Å². The molecule has 1 spiro atoms. The number of nitrogens with zero attached hydrogens (tertiary/aromatic N) is 1. The van der Waals surface area contributed by atoms with E-state index in [9.17, 15) is 0 Å². The molecule has 0 radical (unpaired) electrons. The molecule has 50 heavy (non-hydrogen) atoms. The molecule has 2 nitrogen and oxygen atoms in total. The van der Waals surface area contributed by atoms with Crippen LogP contribution in [0.4, 0.5) is 17.1 Å². The molecule has 4 saturated carbocycles. The number of para-hydroxylation sites is 2. The molecule has 11 rings (SSSR count). The SMILES string of the molecule is CC1(C)CCC(C)(C)c2c(N(c3ccccc3)c3ccc(-c4ccccc4)c4c3Oc3ccccc3C43C4CC5CC(C4)CC3C5)cccc21. The van der Waals surface area contributed by atoms with Crippen LogP contribution in [0.15, 0.2) is 115 Å². The molecule has 2 heteroatoms. The quantitative estimate of drug-likeness (QED) is 0.191. The summed E-state index contributed by atoms with van der Waals surface area (Å²) in [4.78, 5) is 2.56. The number of hydrogen-bond donors (Lipinski definition) is 0. The van der Waals surface area contributed by atoms with Crippen molar-refractivity contribution in [2.24, 2.45) is 23.7 Å². The Morgan fingerprint density at radius 3 is 1.88 bits per heavy atom. The van der Waals surface area contributed by atoms with E-state index in [1.54, 1.807) is 0 Å². The van der Waals surface area contributed by atoms with Gasteiger partial charge in [-0.15, -0.1) is 0 Å². The van der Waals surface area contributed by atoms with Crippen molar-refractivity contribution in [2.75, 3.05) is 4.90 Å². The van der Waals surface area contributed by atoms with E-state index in [1.165, 1.54) is 83.3 Å². The molecule has 5 aromatic carbocycles. The van der Waals surface area contributed by atoms with Gasteiger partial charge in [0.1, 0.15) is 5.75 Å². The van der Waals surface area contributed by atoms with Gasteiger partial charge in [0.15, 0.2) is 5.75 Å². The van der Waals surface area contributed by atoms with Gasteiger partial charge in [-0.05, 0) is 132 Å². The highest BCUT2D eigenvalue weighted by atomic mass is 16.5. The molecule has 4 bridgehead atoms. The molecule has 0 N–H and O–H groups in total. The maximum atomic E-state index is 7.42. The van der Waals surface area contributed by atoms with Crippen LogP contribution >= 0.6 is 0 Å². The Morgan fingerprint density at radius 2 is 1.16 bits per heavy atom. The van der Waals surface area contributed by atoms with Crippen LogP contribution in [-0.2, 0) is 16.2 Å². The minimum Gasteiger partial charge on any atom is -0.454 e. The normalized spacial score (nSPS) is 27.6. The molecular weight excluding hydrogens is 607 g/mol. The smallest absolute Gasteiger partial charge is 0.156 e. The van der Waals surface area contributed by atoms with Gasteiger partial charge in [0.2, 0.25) is 0 Å². The average Bonchev–Trinajstić information content (AvgIpc) is 3.13. The Kier molecular flexibility index (Phi) is 6.62. The molecular formula is C48H49NO. The Bertz CT molecular complexity index is 2080. The van der Waals surface area contributed by atoms with Gasteiger partial charge in [-0.1, -0.05) is 113 Å². The molecule has 5 aromatic rings. The third-order valence-electron chi connectivity index (χ3n) is 13.9. The highest BCUT2D eigenvalue weighted by molar-refractivity contribution is 5.89. The fourth-order valence-corrected chi connectivity index (χ4v) is 11.9. The lowest BCUT2D eigenvalue weighted by molar-refractivity contribution is -0.0449. The van der Waals surface area contributed by atoms with Crippen molar-refractivity contribution in [3.8, 4) is 22.6 Å². The Morgan fingerprint density at radius 1 is 0.540 bits per heavy atom. The summed E-state index contributed by atoms with van der Waals surface area (Å²) >= 11 is 0. The monoisotopic (exact) mass is 655 g/mol. The lowest BCUT2D eigenvalue weighted by atomic mass is 9.41. The van der Waals surface area contributed by atoms with E-state index in [1.807, 2.05) is 0 Å². The average molecular weight is 656 g/mol. The predicted molar refractivity (Wildman–Crippen MR) is 206 cm³/mol. The predicted octanol–water partition coefficient (Wildman–Crippen LogP) is 13.0. The van der Waals surface area contributed by atoms with Crippen LogP contribution in [0.5, 0.6) is 11.5 Å². The van der Waals surface area contributed by atoms with Crippen LogP contribution in [-0.4, -0.2) is 0 Å². The summed E-state index contributed by atoms with van der Waals surface area (Å²) in [7, 11) is 0. The summed E-state index contributed by atoms with van der Waals surface area (Å²) in [6, 6.07) is 43.3. The molecule has 0 unspecified atom stereocenters. The molecule has 1 aliphatic heterocycles. The van der Waals surface area contributed by atoms with Gasteiger partial charge >= 0.3 is 0 Å². The fourth-order valence-electron chi connectivity index (χ4n) is 11.9. The van der Waals surface area contributed by atoms with Crippen LogP contribution in [0.25, 0.3) is 11.1 Å². The second-order valence-electron chi connectivity index (χ2n) is 17.6. The lowest BCUT2D eigenvalue weighted by Crippen LogP contribution is -2.57. The summed E-state index contributed by atoms with van der Waals surface area (Å²) in [5.41, 5.74) is 12.1. The summed E-state index contributed by atoms with van der Waals surface area (Å²) < 4.78 is 7.42. The fraction of sp³-hybridized carbons (Fsp3) is 0.375. The first-order valence-corrected chi connectivity index (χ1v) is 19.2. The van der Waals surface area contributed by atoms with Crippen molar-refractivity contribution < 1.29 is 4.74 Å². The zero-order valence-corrected chi connectivity index (χ0v) is 30.1. The van der Waals surface area contributed by atoms with Gasteiger partial charge in [0.05, 0.1) is 11.4 Å². The molecule has 5 aliphatic carbocycles. The Hall–Kier alpha value is -4.30. The van der Waals surface area contributed by atoms with Gasteiger partial charge in [-0.25, -0.2) is 0 Å². The van der Waals surface area contributed by atoms with Gasteiger partial charge in [0.25, 0.3) is 0 Å². The third kappa shape index (κ3) is 4.26. The van der Waals surface area contributed by atoms with Crippen molar-refractivity contribution in [1.82, 2.24) is 0 Å². The molecule has 6 aliphatic rings.